The minimum Gasteiger partial charge on any atom is -0.380 e. The number of benzene rings is 2. The molecule has 0 fully saturated rings. The Bertz CT molecular complexity index is 972. The molecule has 3 N–H and O–H groups in total. The molecule has 11 heteroatoms. The molecule has 160 valence electrons. The van der Waals surface area contributed by atoms with Crippen molar-refractivity contribution in [2.75, 3.05) is 10.6 Å². The normalized spacial score (nSPS) is 13.3. The Labute approximate surface area is 168 Å². The van der Waals surface area contributed by atoms with Crippen molar-refractivity contribution in [3.8, 4) is 0 Å². The van der Waals surface area contributed by atoms with Crippen LogP contribution >= 0.6 is 0 Å². The third-order valence-corrected chi connectivity index (χ3v) is 4.07. The SMILES string of the molecule is CC(=O)Nc1ccc(C[C@](C)(O)C(=O)Nc2ccc([N+](=O)[O-])c(C(F)(F)F)c2)cc1. The van der Waals surface area contributed by atoms with E-state index in [9.17, 15) is 38.0 Å². The first-order valence-corrected chi connectivity index (χ1v) is 8.55. The smallest absolute Gasteiger partial charge is 0.380 e. The van der Waals surface area contributed by atoms with E-state index in [4.69, 9.17) is 0 Å². The second-order valence-corrected chi connectivity index (χ2v) is 6.77. The van der Waals surface area contributed by atoms with Gasteiger partial charge in [-0.3, -0.25) is 19.7 Å². The fraction of sp³-hybridized carbons (Fsp3) is 0.263. The van der Waals surface area contributed by atoms with E-state index in [0.717, 1.165) is 6.07 Å². The zero-order valence-electron chi connectivity index (χ0n) is 15.9. The fourth-order valence-corrected chi connectivity index (χ4v) is 2.65. The molecule has 0 spiro atoms. The summed E-state index contributed by atoms with van der Waals surface area (Å²) in [5, 5.41) is 26.0. The number of alkyl halides is 3. The molecule has 0 bridgehead atoms. The number of carbonyl (C=O) groups excluding carboxylic acids is 2. The van der Waals surface area contributed by atoms with E-state index in [0.29, 0.717) is 23.4 Å². The number of halogens is 3. The van der Waals surface area contributed by atoms with Crippen LogP contribution in [0.2, 0.25) is 0 Å². The first-order valence-electron chi connectivity index (χ1n) is 8.55. The van der Waals surface area contributed by atoms with Crippen LogP contribution < -0.4 is 10.6 Å². The van der Waals surface area contributed by atoms with Gasteiger partial charge in [0, 0.05) is 30.8 Å². The predicted octanol–water partition coefficient (Wildman–Crippen LogP) is 3.50. The molecule has 0 saturated heterocycles. The molecule has 2 aromatic rings. The highest BCUT2D eigenvalue weighted by Crippen LogP contribution is 2.37. The number of rotatable bonds is 6. The molecule has 0 radical (unpaired) electrons. The molecular formula is C19H18F3N3O5. The molecule has 8 nitrogen and oxygen atoms in total. The molecule has 0 heterocycles. The Morgan fingerprint density at radius 3 is 2.13 bits per heavy atom. The summed E-state index contributed by atoms with van der Waals surface area (Å²) in [6.07, 6.45) is -5.17. The van der Waals surface area contributed by atoms with Crippen LogP contribution in [0.4, 0.5) is 30.2 Å². The summed E-state index contributed by atoms with van der Waals surface area (Å²) in [5.74, 6) is -1.26. The van der Waals surface area contributed by atoms with E-state index < -0.39 is 33.9 Å². The number of nitrogens with zero attached hydrogens (tertiary/aromatic N) is 1. The summed E-state index contributed by atoms with van der Waals surface area (Å²) in [7, 11) is 0. The Kier molecular flexibility index (Phi) is 6.46. The van der Waals surface area contributed by atoms with Crippen LogP contribution in [0.15, 0.2) is 42.5 Å². The van der Waals surface area contributed by atoms with Gasteiger partial charge in [-0.15, -0.1) is 0 Å². The summed E-state index contributed by atoms with van der Waals surface area (Å²) < 4.78 is 39.2. The number of nitro benzene ring substituents is 1. The Balaban J connectivity index is 2.17. The molecule has 2 rings (SSSR count). The lowest BCUT2D eigenvalue weighted by molar-refractivity contribution is -0.388. The van der Waals surface area contributed by atoms with Crippen molar-refractivity contribution in [1.29, 1.82) is 0 Å². The second-order valence-electron chi connectivity index (χ2n) is 6.77. The van der Waals surface area contributed by atoms with Crippen LogP contribution in [-0.4, -0.2) is 27.4 Å². The molecule has 0 unspecified atom stereocenters. The number of carbonyl (C=O) groups is 2. The van der Waals surface area contributed by atoms with Gasteiger partial charge < -0.3 is 15.7 Å². The second kappa shape index (κ2) is 8.49. The lowest BCUT2D eigenvalue weighted by atomic mass is 9.95. The molecule has 0 saturated carbocycles. The van der Waals surface area contributed by atoms with Gasteiger partial charge in [0.1, 0.15) is 11.2 Å². The van der Waals surface area contributed by atoms with Gasteiger partial charge in [0.15, 0.2) is 0 Å². The lowest BCUT2D eigenvalue weighted by Gasteiger charge is -2.23. The molecule has 0 aliphatic carbocycles. The minimum atomic E-state index is -5.00. The molecular weight excluding hydrogens is 407 g/mol. The van der Waals surface area contributed by atoms with Crippen molar-refractivity contribution < 1.29 is 32.8 Å². The molecule has 1 atom stereocenters. The monoisotopic (exact) mass is 425 g/mol. The van der Waals surface area contributed by atoms with Gasteiger partial charge in [0.2, 0.25) is 5.91 Å². The van der Waals surface area contributed by atoms with Crippen LogP contribution in [0.1, 0.15) is 25.0 Å². The largest absolute Gasteiger partial charge is 0.423 e. The molecule has 0 aliphatic rings. The van der Waals surface area contributed by atoms with E-state index in [-0.39, 0.29) is 18.0 Å². The summed E-state index contributed by atoms with van der Waals surface area (Å²) in [4.78, 5) is 33.1. The quantitative estimate of drug-likeness (QED) is 0.483. The average molecular weight is 425 g/mol. The first kappa shape index (κ1) is 22.8. The highest BCUT2D eigenvalue weighted by atomic mass is 19.4. The van der Waals surface area contributed by atoms with Crippen LogP contribution in [0.3, 0.4) is 0 Å². The van der Waals surface area contributed by atoms with E-state index in [1.807, 2.05) is 0 Å². The standard InChI is InChI=1S/C19H18F3N3O5/c1-11(26)23-13-5-3-12(4-6-13)10-18(2,28)17(27)24-14-7-8-16(25(29)30)15(9-14)19(20,21)22/h3-9,28H,10H2,1-2H3,(H,23,26)(H,24,27)/t18-/m0/s1. The summed E-state index contributed by atoms with van der Waals surface area (Å²) in [5.41, 5.74) is -3.95. The molecule has 30 heavy (non-hydrogen) atoms. The predicted molar refractivity (Wildman–Crippen MR) is 102 cm³/mol. The fourth-order valence-electron chi connectivity index (χ4n) is 2.65. The number of anilines is 2. The van der Waals surface area contributed by atoms with E-state index in [2.05, 4.69) is 10.6 Å². The van der Waals surface area contributed by atoms with Gasteiger partial charge in [0.25, 0.3) is 11.6 Å². The van der Waals surface area contributed by atoms with Crippen molar-refractivity contribution in [2.24, 2.45) is 0 Å². The van der Waals surface area contributed by atoms with Gasteiger partial charge in [-0.25, -0.2) is 0 Å². The third-order valence-electron chi connectivity index (χ3n) is 4.07. The minimum absolute atomic E-state index is 0.168. The van der Waals surface area contributed by atoms with Gasteiger partial charge in [-0.2, -0.15) is 13.2 Å². The lowest BCUT2D eigenvalue weighted by Crippen LogP contribution is -2.42. The summed E-state index contributed by atoms with van der Waals surface area (Å²) >= 11 is 0. The molecule has 2 amide bonds. The van der Waals surface area contributed by atoms with E-state index in [1.54, 1.807) is 24.3 Å². The van der Waals surface area contributed by atoms with Crippen LogP contribution in [-0.2, 0) is 22.2 Å². The van der Waals surface area contributed by atoms with Crippen LogP contribution in [0.25, 0.3) is 0 Å². The van der Waals surface area contributed by atoms with Gasteiger partial charge in [-0.05, 0) is 36.8 Å². The van der Waals surface area contributed by atoms with Crippen molar-refractivity contribution in [1.82, 2.24) is 0 Å². The van der Waals surface area contributed by atoms with E-state index in [1.165, 1.54) is 13.8 Å². The number of hydrogen-bond donors (Lipinski definition) is 3. The van der Waals surface area contributed by atoms with Crippen molar-refractivity contribution >= 4 is 28.9 Å². The maximum Gasteiger partial charge on any atom is 0.423 e. The van der Waals surface area contributed by atoms with Crippen LogP contribution in [0.5, 0.6) is 0 Å². The zero-order chi connectivity index (χ0) is 22.7. The summed E-state index contributed by atoms with van der Waals surface area (Å²) in [6.45, 7) is 2.52. The number of amides is 2. The first-order chi connectivity index (χ1) is 13.8. The Hall–Kier alpha value is -3.47. The average Bonchev–Trinajstić information content (AvgIpc) is 2.61. The summed E-state index contributed by atoms with van der Waals surface area (Å²) in [6, 6.07) is 8.29. The van der Waals surface area contributed by atoms with E-state index >= 15 is 0 Å². The zero-order valence-corrected chi connectivity index (χ0v) is 15.9. The van der Waals surface area contributed by atoms with Crippen molar-refractivity contribution in [3.63, 3.8) is 0 Å². The topological polar surface area (TPSA) is 122 Å². The van der Waals surface area contributed by atoms with Crippen LogP contribution in [0, 0.1) is 10.1 Å². The van der Waals surface area contributed by atoms with Crippen molar-refractivity contribution in [2.45, 2.75) is 32.0 Å². The molecule has 2 aromatic carbocycles. The Morgan fingerprint density at radius 1 is 1.07 bits per heavy atom. The highest BCUT2D eigenvalue weighted by Gasteiger charge is 2.39. The molecule has 0 aliphatic heterocycles. The molecule has 0 aromatic heterocycles. The third kappa shape index (κ3) is 5.77. The van der Waals surface area contributed by atoms with Gasteiger partial charge in [-0.1, -0.05) is 12.1 Å². The number of nitro groups is 1. The number of hydrogen-bond acceptors (Lipinski definition) is 5. The Morgan fingerprint density at radius 2 is 1.63 bits per heavy atom. The maximum absolute atomic E-state index is 13.1. The van der Waals surface area contributed by atoms with Crippen molar-refractivity contribution in [3.05, 3.63) is 63.7 Å². The number of aliphatic hydroxyl groups is 1. The highest BCUT2D eigenvalue weighted by molar-refractivity contribution is 5.97. The maximum atomic E-state index is 13.1. The van der Waals surface area contributed by atoms with Gasteiger partial charge in [0.05, 0.1) is 4.92 Å². The van der Waals surface area contributed by atoms with Gasteiger partial charge >= 0.3 is 6.18 Å². The number of nitrogens with one attached hydrogen (secondary N) is 2.